The van der Waals surface area contributed by atoms with Gasteiger partial charge in [0.2, 0.25) is 17.5 Å². The molecule has 3 aliphatic heterocycles. The molecule has 0 bridgehead atoms. The quantitative estimate of drug-likeness (QED) is 0.0162. The topological polar surface area (TPSA) is 360 Å². The van der Waals surface area contributed by atoms with Gasteiger partial charge in [0.25, 0.3) is 41.8 Å². The lowest BCUT2D eigenvalue weighted by Crippen LogP contribution is -2.51. The van der Waals surface area contributed by atoms with Gasteiger partial charge >= 0.3 is 0 Å². The number of rotatable bonds is 30. The summed E-state index contributed by atoms with van der Waals surface area (Å²) in [6.07, 6.45) is 10.8. The molecular weight excluding hydrogens is 1280 g/mol. The molecule has 3 amide bonds. The maximum Gasteiger partial charge on any atom is 0.294 e. The minimum Gasteiger partial charge on any atom is -0.748 e. The molecule has 4 aromatic carbocycles. The van der Waals surface area contributed by atoms with Crippen molar-refractivity contribution in [2.45, 2.75) is 92.8 Å². The van der Waals surface area contributed by atoms with Gasteiger partial charge in [-0.3, -0.25) is 32.8 Å². The second kappa shape index (κ2) is 29.7. The van der Waals surface area contributed by atoms with Gasteiger partial charge in [-0.25, -0.2) is 17.9 Å². The normalized spacial score (nSPS) is 17.4. The Morgan fingerprint density at radius 3 is 2.13 bits per heavy atom. The van der Waals surface area contributed by atoms with E-state index in [2.05, 4.69) is 15.5 Å². The van der Waals surface area contributed by atoms with E-state index in [0.29, 0.717) is 81.6 Å². The predicted molar refractivity (Wildman–Crippen MR) is 338 cm³/mol. The van der Waals surface area contributed by atoms with Crippen molar-refractivity contribution >= 4 is 86.1 Å². The average molecular weight is 1350 g/mol. The van der Waals surface area contributed by atoms with Gasteiger partial charge in [0.05, 0.1) is 67.5 Å². The van der Waals surface area contributed by atoms with Crippen molar-refractivity contribution in [3.63, 3.8) is 0 Å². The number of hydrogen-bond acceptors (Lipinski definition) is 17. The smallest absolute Gasteiger partial charge is 0.294 e. The van der Waals surface area contributed by atoms with E-state index in [-0.39, 0.29) is 131 Å². The van der Waals surface area contributed by atoms with E-state index in [1.165, 1.54) is 53.4 Å². The van der Waals surface area contributed by atoms with Crippen molar-refractivity contribution in [3.8, 4) is 0 Å². The molecular formula is C62H74FN7O18S4. The maximum atomic E-state index is 15.0. The molecule has 30 heteroatoms. The predicted octanol–water partition coefficient (Wildman–Crippen LogP) is 5.59. The molecule has 0 radical (unpaired) electrons. The number of carbonyl (C=O) groups is 3. The van der Waals surface area contributed by atoms with Crippen LogP contribution >= 0.6 is 0 Å². The second-order valence-electron chi connectivity index (χ2n) is 23.3. The highest BCUT2D eigenvalue weighted by Crippen LogP contribution is 2.51. The summed E-state index contributed by atoms with van der Waals surface area (Å²) < 4.78 is 165. The molecule has 0 aliphatic carbocycles. The lowest BCUT2D eigenvalue weighted by Gasteiger charge is -2.34. The zero-order valence-electron chi connectivity index (χ0n) is 51.0. The molecule has 4 heterocycles. The SMILES string of the molecule is CC1(C)C(/C=C/C=C/C=C2/N(CCCS(=O)(=O)[O-])c3ccc(S(=O)(=O)O)cc3C2(C)CCCCCC(=O)NCCOCCOCC(=O)N2CCN(C(=O)c3cc(Cc4n[nH]c(=O)c5ccccc45)ccc3F)CC2)=[N+](CCCS(=O)(=O)O)c2ccc(S(=O)(=O)O)cc21. The number of amides is 3. The van der Waals surface area contributed by atoms with E-state index in [0.717, 1.165) is 0 Å². The third-order valence-electron chi connectivity index (χ3n) is 16.5. The molecule has 1 unspecified atom stereocenters. The van der Waals surface area contributed by atoms with Crippen LogP contribution in [0, 0.1) is 5.82 Å². The Morgan fingerprint density at radius 1 is 0.761 bits per heavy atom. The van der Waals surface area contributed by atoms with Crippen LogP contribution in [0.5, 0.6) is 0 Å². The molecule has 3 aliphatic rings. The molecule has 5 N–H and O–H groups in total. The zero-order valence-corrected chi connectivity index (χ0v) is 54.2. The monoisotopic (exact) mass is 1350 g/mol. The minimum absolute atomic E-state index is 0.00745. The van der Waals surface area contributed by atoms with Crippen LogP contribution in [-0.2, 0) is 76.8 Å². The number of nitrogens with zero attached hydrogens (tertiary/aromatic N) is 5. The largest absolute Gasteiger partial charge is 0.748 e. The fraction of sp³-hybridized carbons (Fsp3) is 0.419. The first kappa shape index (κ1) is 70.5. The highest BCUT2D eigenvalue weighted by atomic mass is 32.2. The standard InChI is InChI=1S/C62H74FN7O18S4/c1-61(2)49-40-44(91(81,82)83)20-23-53(49)69(27-12-36-89(75,76)77)55(61)16-6-4-7-17-56-62(3,50-41-45(92(84,85)86)21-24-54(50)70(56)28-13-37-90(78,79)80)25-11-5-8-18-57(71)64-26-33-87-34-35-88-42-58(72)67-29-31-68(32-30-67)60(74)48-38-43(19-22-51(48)63)39-52-46-14-9-10-15-47(46)59(73)66-65-52/h4,6-7,9-10,14-17,19-24,38,40-41H,5,8,11-13,18,25-37,39,42H2,1-3H3,(H5-,64,66,71,73,75,76,77,78,79,80,81,82,83,84,85,86). The van der Waals surface area contributed by atoms with Gasteiger partial charge in [0.15, 0.2) is 5.71 Å². The third-order valence-corrected chi connectivity index (χ3v) is 19.8. The number of carbonyl (C=O) groups excluding carboxylic acids is 3. The van der Waals surface area contributed by atoms with Gasteiger partial charge < -0.3 is 34.0 Å². The van der Waals surface area contributed by atoms with E-state index >= 15 is 4.39 Å². The summed E-state index contributed by atoms with van der Waals surface area (Å²) in [7, 11) is -18.2. The van der Waals surface area contributed by atoms with Crippen LogP contribution in [0.4, 0.5) is 15.8 Å². The van der Waals surface area contributed by atoms with Crippen molar-refractivity contribution in [1.82, 2.24) is 25.3 Å². The second-order valence-corrected chi connectivity index (χ2v) is 29.2. The van der Waals surface area contributed by atoms with E-state index < -0.39 is 74.5 Å². The number of H-pyrrole nitrogens is 1. The van der Waals surface area contributed by atoms with E-state index in [4.69, 9.17) is 9.47 Å². The molecule has 0 saturated carbocycles. The van der Waals surface area contributed by atoms with Gasteiger partial charge in [-0.15, -0.1) is 0 Å². The number of nitrogens with one attached hydrogen (secondary N) is 2. The van der Waals surface area contributed by atoms with Gasteiger partial charge in [-0.1, -0.05) is 55.3 Å². The van der Waals surface area contributed by atoms with E-state index in [1.54, 1.807) is 75.1 Å². The number of benzene rings is 4. The van der Waals surface area contributed by atoms with Crippen LogP contribution in [0.2, 0.25) is 0 Å². The molecule has 1 aromatic heterocycles. The summed E-state index contributed by atoms with van der Waals surface area (Å²) in [6, 6.07) is 19.4. The molecule has 1 saturated heterocycles. The number of halogens is 1. The number of fused-ring (bicyclic) bond motifs is 3. The van der Waals surface area contributed by atoms with Gasteiger partial charge in [-0.05, 0) is 106 Å². The first-order valence-electron chi connectivity index (χ1n) is 29.7. The number of unbranched alkanes of at least 4 members (excludes halogenated alkanes) is 2. The Morgan fingerprint density at radius 2 is 1.43 bits per heavy atom. The molecule has 0 spiro atoms. The van der Waals surface area contributed by atoms with Crippen molar-refractivity contribution in [2.24, 2.45) is 0 Å². The summed E-state index contributed by atoms with van der Waals surface area (Å²) in [4.78, 5) is 55.7. The summed E-state index contributed by atoms with van der Waals surface area (Å²) in [5.74, 6) is -2.94. The minimum atomic E-state index is -4.69. The van der Waals surface area contributed by atoms with Crippen LogP contribution in [-0.4, -0.2) is 184 Å². The summed E-state index contributed by atoms with van der Waals surface area (Å²) in [5, 5.41) is 10.6. The first-order valence-corrected chi connectivity index (χ1v) is 35.8. The van der Waals surface area contributed by atoms with Gasteiger partial charge in [0.1, 0.15) is 19.0 Å². The molecule has 92 heavy (non-hydrogen) atoms. The number of anilines is 1. The average Bonchev–Trinajstić information content (AvgIpc) is 1.59. The highest BCUT2D eigenvalue weighted by Gasteiger charge is 2.46. The summed E-state index contributed by atoms with van der Waals surface area (Å²) in [5.41, 5.74) is 2.22. The van der Waals surface area contributed by atoms with Crippen LogP contribution < -0.4 is 15.8 Å². The van der Waals surface area contributed by atoms with Gasteiger partial charge in [0, 0.05) is 104 Å². The molecule has 5 aromatic rings. The highest BCUT2D eigenvalue weighted by molar-refractivity contribution is 7.86. The maximum absolute atomic E-state index is 15.0. The Bertz CT molecular complexity index is 4280. The molecule has 496 valence electrons. The first-order chi connectivity index (χ1) is 43.4. The molecule has 1 fully saturated rings. The number of piperazine rings is 1. The van der Waals surface area contributed by atoms with Crippen LogP contribution in [0.25, 0.3) is 10.8 Å². The number of ether oxygens (including phenoxy) is 2. The van der Waals surface area contributed by atoms with Crippen LogP contribution in [0.1, 0.15) is 98.5 Å². The fourth-order valence-electron chi connectivity index (χ4n) is 11.9. The lowest BCUT2D eigenvalue weighted by molar-refractivity contribution is -0.437. The number of allylic oxidation sites excluding steroid dienone is 6. The fourth-order valence-corrected chi connectivity index (χ4v) is 13.8. The van der Waals surface area contributed by atoms with Crippen LogP contribution in [0.3, 0.4) is 0 Å². The molecule has 8 rings (SSSR count). The van der Waals surface area contributed by atoms with Crippen LogP contribution in [0.15, 0.2) is 130 Å². The van der Waals surface area contributed by atoms with Gasteiger partial charge in [-0.2, -0.15) is 34.9 Å². The zero-order chi connectivity index (χ0) is 66.8. The molecule has 1 atom stereocenters. The number of aromatic amines is 1. The Hall–Kier alpha value is -7.39. The Kier molecular flexibility index (Phi) is 22.8. The van der Waals surface area contributed by atoms with Crippen molar-refractivity contribution in [1.29, 1.82) is 0 Å². The van der Waals surface area contributed by atoms with Crippen molar-refractivity contribution in [3.05, 3.63) is 159 Å². The number of hydrogen-bond donors (Lipinski definition) is 5. The Labute approximate surface area is 533 Å². The van der Waals surface area contributed by atoms with E-state index in [9.17, 15) is 71.1 Å². The Balaban J connectivity index is 0.807. The summed E-state index contributed by atoms with van der Waals surface area (Å²) in [6.45, 7) is 6.80. The van der Waals surface area contributed by atoms with E-state index in [1.807, 2.05) is 20.8 Å². The third kappa shape index (κ3) is 17.8. The summed E-state index contributed by atoms with van der Waals surface area (Å²) >= 11 is 0. The molecule has 25 nitrogen and oxygen atoms in total. The number of aromatic nitrogens is 2. The van der Waals surface area contributed by atoms with Crippen molar-refractivity contribution < 1.29 is 84.7 Å². The van der Waals surface area contributed by atoms with Crippen molar-refractivity contribution in [2.75, 3.05) is 88.6 Å². The lowest BCUT2D eigenvalue weighted by atomic mass is 9.77.